The first-order valence-corrected chi connectivity index (χ1v) is 4.86. The fraction of sp³-hybridized carbons (Fsp3) is 0.364. The molecule has 82 valence electrons. The third kappa shape index (κ3) is 3.25. The smallest absolute Gasteiger partial charge is 0.314 e. The molecule has 4 nitrogen and oxygen atoms in total. The van der Waals surface area contributed by atoms with Gasteiger partial charge in [0.2, 0.25) is 0 Å². The zero-order valence-corrected chi connectivity index (χ0v) is 8.90. The van der Waals surface area contributed by atoms with E-state index in [1.165, 1.54) is 7.05 Å². The second-order valence-corrected chi connectivity index (χ2v) is 3.37. The summed E-state index contributed by atoms with van der Waals surface area (Å²) in [5, 5.41) is 15.0. The van der Waals surface area contributed by atoms with Gasteiger partial charge in [-0.1, -0.05) is 30.3 Å². The van der Waals surface area contributed by atoms with Gasteiger partial charge >= 0.3 is 6.03 Å². The molecule has 0 aromatic heterocycles. The van der Waals surface area contributed by atoms with Gasteiger partial charge < -0.3 is 15.7 Å². The maximum atomic E-state index is 11.0. The van der Waals surface area contributed by atoms with E-state index in [0.717, 1.165) is 5.56 Å². The maximum Gasteiger partial charge on any atom is 0.314 e. The van der Waals surface area contributed by atoms with Crippen LogP contribution in [0.15, 0.2) is 30.3 Å². The third-order valence-electron chi connectivity index (χ3n) is 2.20. The van der Waals surface area contributed by atoms with Gasteiger partial charge in [-0.05, 0) is 12.5 Å². The van der Waals surface area contributed by atoms with Crippen molar-refractivity contribution in [2.45, 2.75) is 19.1 Å². The molecule has 0 aliphatic heterocycles. The van der Waals surface area contributed by atoms with Crippen LogP contribution in [0.1, 0.15) is 18.6 Å². The summed E-state index contributed by atoms with van der Waals surface area (Å²) in [4.78, 5) is 11.0. The zero-order chi connectivity index (χ0) is 11.3. The molecule has 3 N–H and O–H groups in total. The van der Waals surface area contributed by atoms with Crippen molar-refractivity contribution < 1.29 is 9.90 Å². The van der Waals surface area contributed by atoms with Gasteiger partial charge in [0.05, 0.1) is 12.1 Å². The molecule has 0 bridgehead atoms. The van der Waals surface area contributed by atoms with Crippen molar-refractivity contribution in [2.75, 3.05) is 7.05 Å². The molecular formula is C11H16N2O2. The van der Waals surface area contributed by atoms with Crippen LogP contribution in [-0.2, 0) is 0 Å². The van der Waals surface area contributed by atoms with Crippen molar-refractivity contribution in [1.29, 1.82) is 0 Å². The molecule has 0 spiro atoms. The van der Waals surface area contributed by atoms with E-state index in [0.29, 0.717) is 0 Å². The van der Waals surface area contributed by atoms with Crippen LogP contribution >= 0.6 is 0 Å². The Balaban J connectivity index is 2.61. The first kappa shape index (κ1) is 11.5. The minimum atomic E-state index is -0.691. The van der Waals surface area contributed by atoms with Gasteiger partial charge in [0, 0.05) is 7.05 Å². The van der Waals surface area contributed by atoms with E-state index in [2.05, 4.69) is 10.6 Å². The molecule has 0 saturated carbocycles. The predicted molar refractivity (Wildman–Crippen MR) is 58.5 cm³/mol. The van der Waals surface area contributed by atoms with Crippen LogP contribution in [0.2, 0.25) is 0 Å². The average molecular weight is 208 g/mol. The van der Waals surface area contributed by atoms with Crippen molar-refractivity contribution >= 4 is 6.03 Å². The van der Waals surface area contributed by atoms with Crippen LogP contribution in [0.25, 0.3) is 0 Å². The van der Waals surface area contributed by atoms with Crippen molar-refractivity contribution in [2.24, 2.45) is 0 Å². The molecule has 2 amide bonds. The topological polar surface area (TPSA) is 61.4 Å². The molecule has 0 aliphatic carbocycles. The van der Waals surface area contributed by atoms with E-state index in [4.69, 9.17) is 0 Å². The minimum absolute atomic E-state index is 0.294. The van der Waals surface area contributed by atoms with Gasteiger partial charge in [-0.25, -0.2) is 4.79 Å². The lowest BCUT2D eigenvalue weighted by molar-refractivity contribution is 0.137. The number of hydrogen-bond donors (Lipinski definition) is 3. The van der Waals surface area contributed by atoms with Gasteiger partial charge in [-0.3, -0.25) is 0 Å². The van der Waals surface area contributed by atoms with E-state index >= 15 is 0 Å². The molecule has 4 heteroatoms. The normalized spacial score (nSPS) is 14.1. The lowest BCUT2D eigenvalue weighted by Gasteiger charge is -2.20. The van der Waals surface area contributed by atoms with Crippen LogP contribution in [0.3, 0.4) is 0 Å². The van der Waals surface area contributed by atoms with Crippen molar-refractivity contribution in [3.8, 4) is 0 Å². The zero-order valence-electron chi connectivity index (χ0n) is 8.90. The number of rotatable bonds is 3. The number of carbonyl (C=O) groups is 1. The molecule has 0 saturated heterocycles. The highest BCUT2D eigenvalue weighted by Gasteiger charge is 2.17. The number of aliphatic hydroxyl groups is 1. The summed E-state index contributed by atoms with van der Waals surface area (Å²) in [5.74, 6) is 0. The first-order chi connectivity index (χ1) is 7.15. The van der Waals surface area contributed by atoms with Gasteiger partial charge in [0.25, 0.3) is 0 Å². The van der Waals surface area contributed by atoms with Crippen LogP contribution in [0, 0.1) is 0 Å². The highest BCUT2D eigenvalue weighted by molar-refractivity contribution is 5.73. The molecule has 1 aromatic rings. The fourth-order valence-electron chi connectivity index (χ4n) is 1.30. The Hall–Kier alpha value is -1.55. The molecule has 0 fully saturated rings. The van der Waals surface area contributed by atoms with E-state index in [-0.39, 0.29) is 12.1 Å². The van der Waals surface area contributed by atoms with E-state index in [9.17, 15) is 9.90 Å². The number of carbonyl (C=O) groups excluding carboxylic acids is 1. The summed E-state index contributed by atoms with van der Waals surface area (Å²) in [7, 11) is 1.54. The Morgan fingerprint density at radius 1 is 1.33 bits per heavy atom. The summed E-state index contributed by atoms with van der Waals surface area (Å²) < 4.78 is 0. The first-order valence-electron chi connectivity index (χ1n) is 4.86. The summed E-state index contributed by atoms with van der Waals surface area (Å²) in [6, 6.07) is 8.62. The van der Waals surface area contributed by atoms with E-state index < -0.39 is 6.10 Å². The van der Waals surface area contributed by atoms with Gasteiger partial charge in [-0.15, -0.1) is 0 Å². The molecule has 0 aliphatic rings. The molecule has 15 heavy (non-hydrogen) atoms. The van der Waals surface area contributed by atoms with Crippen molar-refractivity contribution in [1.82, 2.24) is 10.6 Å². The van der Waals surface area contributed by atoms with E-state index in [1.807, 2.05) is 30.3 Å². The molecular weight excluding hydrogens is 192 g/mol. The Kier molecular flexibility index (Phi) is 4.12. The molecule has 2 atom stereocenters. The van der Waals surface area contributed by atoms with E-state index in [1.54, 1.807) is 6.92 Å². The minimum Gasteiger partial charge on any atom is -0.386 e. The summed E-state index contributed by atoms with van der Waals surface area (Å²) in [5.41, 5.74) is 0.793. The number of hydrogen-bond acceptors (Lipinski definition) is 2. The maximum absolute atomic E-state index is 11.0. The predicted octanol–water partition coefficient (Wildman–Crippen LogP) is 1.04. The van der Waals surface area contributed by atoms with Crippen LogP contribution in [0.5, 0.6) is 0 Å². The lowest BCUT2D eigenvalue weighted by atomic mass is 10.0. The summed E-state index contributed by atoms with van der Waals surface area (Å²) in [6.45, 7) is 1.76. The molecule has 1 rings (SSSR count). The molecule has 1 aromatic carbocycles. The molecule has 0 heterocycles. The summed E-state index contributed by atoms with van der Waals surface area (Å²) >= 11 is 0. The van der Waals surface area contributed by atoms with Crippen molar-refractivity contribution in [3.05, 3.63) is 35.9 Å². The Bertz CT molecular complexity index is 314. The number of amides is 2. The second kappa shape index (κ2) is 5.36. The standard InChI is InChI=1S/C11H16N2O2/c1-8(13-11(15)12-2)10(14)9-6-4-3-5-7-9/h3-8,10,14H,1-2H3,(H2,12,13,15). The lowest BCUT2D eigenvalue weighted by Crippen LogP contribution is -2.41. The van der Waals surface area contributed by atoms with Crippen LogP contribution in [0.4, 0.5) is 4.79 Å². The third-order valence-corrected chi connectivity index (χ3v) is 2.20. The number of nitrogens with one attached hydrogen (secondary N) is 2. The highest BCUT2D eigenvalue weighted by atomic mass is 16.3. The largest absolute Gasteiger partial charge is 0.386 e. The van der Waals surface area contributed by atoms with Gasteiger partial charge in [0.1, 0.15) is 0 Å². The second-order valence-electron chi connectivity index (χ2n) is 3.37. The van der Waals surface area contributed by atoms with Gasteiger partial charge in [0.15, 0.2) is 0 Å². The fourth-order valence-corrected chi connectivity index (χ4v) is 1.30. The Labute approximate surface area is 89.3 Å². The number of aliphatic hydroxyl groups excluding tert-OH is 1. The van der Waals surface area contributed by atoms with Crippen LogP contribution in [-0.4, -0.2) is 24.2 Å². The van der Waals surface area contributed by atoms with Crippen LogP contribution < -0.4 is 10.6 Å². The Morgan fingerprint density at radius 3 is 2.47 bits per heavy atom. The quantitative estimate of drug-likeness (QED) is 0.695. The Morgan fingerprint density at radius 2 is 1.93 bits per heavy atom. The molecule has 0 radical (unpaired) electrons. The monoisotopic (exact) mass is 208 g/mol. The summed E-state index contributed by atoms with van der Waals surface area (Å²) in [6.07, 6.45) is -0.691. The van der Waals surface area contributed by atoms with Crippen molar-refractivity contribution in [3.63, 3.8) is 0 Å². The highest BCUT2D eigenvalue weighted by Crippen LogP contribution is 2.15. The number of urea groups is 1. The number of benzene rings is 1. The van der Waals surface area contributed by atoms with Gasteiger partial charge in [-0.2, -0.15) is 0 Å². The average Bonchev–Trinajstić information content (AvgIpc) is 2.29. The SMILES string of the molecule is CNC(=O)NC(C)C(O)c1ccccc1. The molecule has 2 unspecified atom stereocenters.